The number of carbonyl (C=O) groups excluding carboxylic acids is 1. The van der Waals surface area contributed by atoms with Gasteiger partial charge in [0.15, 0.2) is 5.69 Å². The number of rotatable bonds is 2. The summed E-state index contributed by atoms with van der Waals surface area (Å²) in [5.41, 5.74) is 1.40. The second-order valence-electron chi connectivity index (χ2n) is 6.37. The highest BCUT2D eigenvalue weighted by atomic mass is 16.2. The molecule has 2 aliphatic rings. The van der Waals surface area contributed by atoms with E-state index >= 15 is 0 Å². The van der Waals surface area contributed by atoms with E-state index in [0.29, 0.717) is 17.7 Å². The van der Waals surface area contributed by atoms with Crippen molar-refractivity contribution in [1.29, 1.82) is 0 Å². The molecule has 2 aliphatic heterocycles. The van der Waals surface area contributed by atoms with Gasteiger partial charge in [0.05, 0.1) is 11.9 Å². The van der Waals surface area contributed by atoms with E-state index < -0.39 is 0 Å². The van der Waals surface area contributed by atoms with Gasteiger partial charge in [0, 0.05) is 19.1 Å². The number of nitrogens with one attached hydrogen (secondary N) is 1. The molecule has 1 aromatic heterocycles. The van der Waals surface area contributed by atoms with Crippen LogP contribution >= 0.6 is 0 Å². The van der Waals surface area contributed by atoms with Crippen LogP contribution in [0, 0.1) is 5.92 Å². The second-order valence-corrected chi connectivity index (χ2v) is 6.37. The molecule has 6 nitrogen and oxygen atoms in total. The fourth-order valence-electron chi connectivity index (χ4n) is 3.73. The smallest absolute Gasteiger partial charge is 0.274 e. The van der Waals surface area contributed by atoms with E-state index in [9.17, 15) is 4.79 Å². The highest BCUT2D eigenvalue weighted by Gasteiger charge is 2.34. The summed E-state index contributed by atoms with van der Waals surface area (Å²) < 4.78 is 1.63. The summed E-state index contributed by atoms with van der Waals surface area (Å²) >= 11 is 0. The Kier molecular flexibility index (Phi) is 3.83. The van der Waals surface area contributed by atoms with E-state index in [4.69, 9.17) is 0 Å². The SMILES string of the molecule is O=C(c1cnnn1-c1ccccc1)N1CC[C@@H]2NCCC[C@@H]2C1. The van der Waals surface area contributed by atoms with Crippen molar-refractivity contribution < 1.29 is 4.79 Å². The van der Waals surface area contributed by atoms with Crippen LogP contribution in [0.15, 0.2) is 36.5 Å². The zero-order valence-electron chi connectivity index (χ0n) is 13.1. The lowest BCUT2D eigenvalue weighted by Crippen LogP contribution is -2.53. The number of carbonyl (C=O) groups is 1. The molecule has 0 unspecified atom stereocenters. The number of benzene rings is 1. The molecule has 0 bridgehead atoms. The molecular weight excluding hydrogens is 290 g/mol. The fraction of sp³-hybridized carbons (Fsp3) is 0.471. The van der Waals surface area contributed by atoms with Crippen molar-refractivity contribution in [2.24, 2.45) is 5.92 Å². The largest absolute Gasteiger partial charge is 0.337 e. The van der Waals surface area contributed by atoms with Gasteiger partial charge >= 0.3 is 0 Å². The Bertz CT molecular complexity index is 683. The zero-order chi connectivity index (χ0) is 15.6. The minimum absolute atomic E-state index is 0.0304. The molecule has 1 aromatic carbocycles. The van der Waals surface area contributed by atoms with Gasteiger partial charge in [-0.05, 0) is 43.9 Å². The molecule has 6 heteroatoms. The molecule has 3 heterocycles. The van der Waals surface area contributed by atoms with Crippen molar-refractivity contribution >= 4 is 5.91 Å². The van der Waals surface area contributed by atoms with Crippen LogP contribution in [0.3, 0.4) is 0 Å². The first-order chi connectivity index (χ1) is 11.3. The molecule has 2 saturated heterocycles. The van der Waals surface area contributed by atoms with Gasteiger partial charge in [-0.3, -0.25) is 4.79 Å². The predicted octanol–water partition coefficient (Wildman–Crippen LogP) is 1.48. The van der Waals surface area contributed by atoms with Crippen molar-refractivity contribution in [3.05, 3.63) is 42.2 Å². The maximum atomic E-state index is 12.9. The molecule has 2 fully saturated rings. The van der Waals surface area contributed by atoms with Crippen LogP contribution in [0.1, 0.15) is 29.8 Å². The molecule has 23 heavy (non-hydrogen) atoms. The standard InChI is InChI=1S/C17H21N5O/c23-17(21-10-8-15-13(12-21)5-4-9-18-15)16-11-19-20-22(16)14-6-2-1-3-7-14/h1-3,6-7,11,13,15,18H,4-5,8-10,12H2/t13-,15+/m1/s1. The average molecular weight is 311 g/mol. The van der Waals surface area contributed by atoms with Crippen LogP contribution in [0.25, 0.3) is 5.69 Å². The van der Waals surface area contributed by atoms with E-state index in [0.717, 1.165) is 31.7 Å². The highest BCUT2D eigenvalue weighted by molar-refractivity contribution is 5.92. The van der Waals surface area contributed by atoms with Crippen molar-refractivity contribution in [3.63, 3.8) is 0 Å². The Morgan fingerprint density at radius 1 is 1.22 bits per heavy atom. The fourth-order valence-corrected chi connectivity index (χ4v) is 3.73. The van der Waals surface area contributed by atoms with Crippen LogP contribution in [0.2, 0.25) is 0 Å². The number of para-hydroxylation sites is 1. The predicted molar refractivity (Wildman–Crippen MR) is 86.4 cm³/mol. The molecule has 2 aromatic rings. The Morgan fingerprint density at radius 3 is 2.96 bits per heavy atom. The lowest BCUT2D eigenvalue weighted by molar-refractivity contribution is 0.0584. The molecule has 4 rings (SSSR count). The first-order valence-corrected chi connectivity index (χ1v) is 8.32. The summed E-state index contributed by atoms with van der Waals surface area (Å²) in [4.78, 5) is 14.9. The average Bonchev–Trinajstić information content (AvgIpc) is 3.11. The van der Waals surface area contributed by atoms with Crippen LogP contribution in [0.4, 0.5) is 0 Å². The lowest BCUT2D eigenvalue weighted by atomic mass is 9.85. The van der Waals surface area contributed by atoms with Gasteiger partial charge in [-0.25, -0.2) is 4.68 Å². The quantitative estimate of drug-likeness (QED) is 0.912. The molecule has 1 amide bonds. The van der Waals surface area contributed by atoms with Crippen LogP contribution in [-0.4, -0.2) is 51.5 Å². The van der Waals surface area contributed by atoms with Gasteiger partial charge in [-0.15, -0.1) is 5.10 Å². The maximum Gasteiger partial charge on any atom is 0.274 e. The number of fused-ring (bicyclic) bond motifs is 1. The van der Waals surface area contributed by atoms with E-state index in [2.05, 4.69) is 15.6 Å². The van der Waals surface area contributed by atoms with Gasteiger partial charge in [0.2, 0.25) is 0 Å². The normalized spacial score (nSPS) is 24.3. The van der Waals surface area contributed by atoms with Gasteiger partial charge in [0.1, 0.15) is 0 Å². The molecule has 0 spiro atoms. The Morgan fingerprint density at radius 2 is 2.09 bits per heavy atom. The number of hydrogen-bond acceptors (Lipinski definition) is 4. The maximum absolute atomic E-state index is 12.9. The topological polar surface area (TPSA) is 63.1 Å². The first kappa shape index (κ1) is 14.4. The summed E-state index contributed by atoms with van der Waals surface area (Å²) in [5, 5.41) is 11.6. The number of piperidine rings is 2. The highest BCUT2D eigenvalue weighted by Crippen LogP contribution is 2.26. The van der Waals surface area contributed by atoms with E-state index in [1.807, 2.05) is 35.2 Å². The van der Waals surface area contributed by atoms with Gasteiger partial charge in [-0.1, -0.05) is 23.4 Å². The number of aromatic nitrogens is 3. The molecular formula is C17H21N5O. The summed E-state index contributed by atoms with van der Waals surface area (Å²) in [6, 6.07) is 10.3. The summed E-state index contributed by atoms with van der Waals surface area (Å²) in [5.74, 6) is 0.602. The first-order valence-electron chi connectivity index (χ1n) is 8.32. The molecule has 0 aliphatic carbocycles. The van der Waals surface area contributed by atoms with Crippen molar-refractivity contribution in [1.82, 2.24) is 25.2 Å². The second kappa shape index (κ2) is 6.12. The zero-order valence-corrected chi connectivity index (χ0v) is 13.1. The minimum atomic E-state index is 0.0304. The Hall–Kier alpha value is -2.21. The lowest BCUT2D eigenvalue weighted by Gasteiger charge is -2.41. The van der Waals surface area contributed by atoms with E-state index in [-0.39, 0.29) is 5.91 Å². The van der Waals surface area contributed by atoms with Crippen molar-refractivity contribution in [2.45, 2.75) is 25.3 Å². The third-order valence-electron chi connectivity index (χ3n) is 4.95. The van der Waals surface area contributed by atoms with E-state index in [1.54, 1.807) is 10.9 Å². The van der Waals surface area contributed by atoms with Gasteiger partial charge in [-0.2, -0.15) is 0 Å². The summed E-state index contributed by atoms with van der Waals surface area (Å²) in [7, 11) is 0. The number of hydrogen-bond donors (Lipinski definition) is 1. The monoisotopic (exact) mass is 311 g/mol. The molecule has 1 N–H and O–H groups in total. The van der Waals surface area contributed by atoms with Crippen LogP contribution < -0.4 is 5.32 Å². The van der Waals surface area contributed by atoms with Crippen molar-refractivity contribution in [2.75, 3.05) is 19.6 Å². The Balaban J connectivity index is 1.55. The van der Waals surface area contributed by atoms with Gasteiger partial charge < -0.3 is 10.2 Å². The van der Waals surface area contributed by atoms with Crippen LogP contribution in [0.5, 0.6) is 0 Å². The number of nitrogens with zero attached hydrogens (tertiary/aromatic N) is 4. The third kappa shape index (κ3) is 2.74. The molecule has 120 valence electrons. The van der Waals surface area contributed by atoms with Gasteiger partial charge in [0.25, 0.3) is 5.91 Å². The third-order valence-corrected chi connectivity index (χ3v) is 4.95. The molecule has 0 saturated carbocycles. The number of likely N-dealkylation sites (tertiary alicyclic amines) is 1. The Labute approximate surface area is 135 Å². The van der Waals surface area contributed by atoms with E-state index in [1.165, 1.54) is 12.8 Å². The minimum Gasteiger partial charge on any atom is -0.337 e. The summed E-state index contributed by atoms with van der Waals surface area (Å²) in [6.45, 7) is 2.74. The summed E-state index contributed by atoms with van der Waals surface area (Å²) in [6.07, 6.45) is 5.01. The number of amides is 1. The molecule has 0 radical (unpaired) electrons. The van der Waals surface area contributed by atoms with Crippen LogP contribution in [-0.2, 0) is 0 Å². The molecule has 2 atom stereocenters. The van der Waals surface area contributed by atoms with Crippen molar-refractivity contribution in [3.8, 4) is 5.69 Å².